The van der Waals surface area contributed by atoms with Crippen LogP contribution in [0.15, 0.2) is 18.5 Å². The van der Waals surface area contributed by atoms with Crippen molar-refractivity contribution in [3.8, 4) is 0 Å². The molecule has 0 aromatic carbocycles. The Balaban J connectivity index is 2.05. The molecule has 20 heavy (non-hydrogen) atoms. The average molecular weight is 276 g/mol. The van der Waals surface area contributed by atoms with Crippen molar-refractivity contribution in [3.05, 3.63) is 30.0 Å². The SMILES string of the molecule is Cc1cn2cc(F)c(B3OC(C)(C)C(C)(C)O3)cc2n1. The molecule has 2 aromatic heterocycles. The van der Waals surface area contributed by atoms with Crippen LogP contribution in [0.5, 0.6) is 0 Å². The Labute approximate surface area is 118 Å². The molecule has 1 fully saturated rings. The van der Waals surface area contributed by atoms with Crippen molar-refractivity contribution in [2.75, 3.05) is 0 Å². The number of fused-ring (bicyclic) bond motifs is 1. The topological polar surface area (TPSA) is 35.8 Å². The van der Waals surface area contributed by atoms with Crippen LogP contribution in [0.25, 0.3) is 5.65 Å². The molecule has 0 aliphatic carbocycles. The molecule has 0 radical (unpaired) electrons. The number of aryl methyl sites for hydroxylation is 1. The summed E-state index contributed by atoms with van der Waals surface area (Å²) in [6.07, 6.45) is 3.20. The van der Waals surface area contributed by atoms with Crippen LogP contribution in [0.2, 0.25) is 0 Å². The van der Waals surface area contributed by atoms with Gasteiger partial charge in [-0.2, -0.15) is 0 Å². The Hall–Kier alpha value is -1.40. The molecule has 0 N–H and O–H groups in total. The van der Waals surface area contributed by atoms with E-state index < -0.39 is 18.3 Å². The van der Waals surface area contributed by atoms with Crippen molar-refractivity contribution < 1.29 is 13.7 Å². The van der Waals surface area contributed by atoms with Gasteiger partial charge < -0.3 is 13.7 Å². The van der Waals surface area contributed by atoms with Crippen LogP contribution in [0.4, 0.5) is 4.39 Å². The molecule has 0 saturated carbocycles. The first-order valence-corrected chi connectivity index (χ1v) is 6.70. The van der Waals surface area contributed by atoms with Gasteiger partial charge in [0.1, 0.15) is 11.5 Å². The minimum Gasteiger partial charge on any atom is -0.399 e. The fourth-order valence-corrected chi connectivity index (χ4v) is 2.30. The van der Waals surface area contributed by atoms with Gasteiger partial charge in [0.2, 0.25) is 0 Å². The summed E-state index contributed by atoms with van der Waals surface area (Å²) >= 11 is 0. The van der Waals surface area contributed by atoms with Crippen LogP contribution in [0.3, 0.4) is 0 Å². The van der Waals surface area contributed by atoms with E-state index in [1.807, 2.05) is 34.6 Å². The number of hydrogen-bond donors (Lipinski definition) is 0. The highest BCUT2D eigenvalue weighted by Crippen LogP contribution is 2.36. The Morgan fingerprint density at radius 3 is 2.35 bits per heavy atom. The summed E-state index contributed by atoms with van der Waals surface area (Å²) in [5.41, 5.74) is 0.953. The quantitative estimate of drug-likeness (QED) is 0.748. The smallest absolute Gasteiger partial charge is 0.399 e. The van der Waals surface area contributed by atoms with Gasteiger partial charge in [0.25, 0.3) is 0 Å². The molecule has 0 amide bonds. The largest absolute Gasteiger partial charge is 0.498 e. The second-order valence-corrected chi connectivity index (χ2v) is 6.31. The van der Waals surface area contributed by atoms with Gasteiger partial charge in [-0.3, -0.25) is 0 Å². The number of hydrogen-bond acceptors (Lipinski definition) is 3. The van der Waals surface area contributed by atoms with Crippen molar-refractivity contribution in [3.63, 3.8) is 0 Å². The summed E-state index contributed by atoms with van der Waals surface area (Å²) in [5, 5.41) is 0. The molecule has 3 heterocycles. The molecule has 0 spiro atoms. The normalized spacial score (nSPS) is 20.8. The van der Waals surface area contributed by atoms with E-state index in [9.17, 15) is 4.39 Å². The number of rotatable bonds is 1. The highest BCUT2D eigenvalue weighted by atomic mass is 19.1. The van der Waals surface area contributed by atoms with E-state index >= 15 is 0 Å². The van der Waals surface area contributed by atoms with Crippen LogP contribution in [-0.4, -0.2) is 27.7 Å². The van der Waals surface area contributed by atoms with Gasteiger partial charge in [-0.1, -0.05) is 0 Å². The highest BCUT2D eigenvalue weighted by molar-refractivity contribution is 6.62. The maximum Gasteiger partial charge on any atom is 0.498 e. The van der Waals surface area contributed by atoms with Crippen LogP contribution in [-0.2, 0) is 9.31 Å². The van der Waals surface area contributed by atoms with Crippen molar-refractivity contribution in [1.82, 2.24) is 9.38 Å². The lowest BCUT2D eigenvalue weighted by atomic mass is 9.79. The van der Waals surface area contributed by atoms with Gasteiger partial charge in [0.05, 0.1) is 16.9 Å². The third-order valence-corrected chi connectivity index (χ3v) is 4.20. The lowest BCUT2D eigenvalue weighted by Gasteiger charge is -2.32. The molecule has 1 saturated heterocycles. The van der Waals surface area contributed by atoms with E-state index in [1.165, 1.54) is 6.20 Å². The molecule has 4 nitrogen and oxygen atoms in total. The molecule has 0 bridgehead atoms. The molecule has 3 rings (SSSR count). The Morgan fingerprint density at radius 1 is 1.15 bits per heavy atom. The predicted octanol–water partition coefficient (Wildman–Crippen LogP) is 2.08. The second kappa shape index (κ2) is 4.05. The zero-order valence-electron chi connectivity index (χ0n) is 12.4. The lowest BCUT2D eigenvalue weighted by molar-refractivity contribution is 0.00578. The molecule has 1 aliphatic heterocycles. The monoisotopic (exact) mass is 276 g/mol. The van der Waals surface area contributed by atoms with Gasteiger partial charge in [0.15, 0.2) is 0 Å². The van der Waals surface area contributed by atoms with Crippen molar-refractivity contribution in [2.45, 2.75) is 45.8 Å². The van der Waals surface area contributed by atoms with E-state index in [0.717, 1.165) is 5.69 Å². The second-order valence-electron chi connectivity index (χ2n) is 6.31. The molecule has 0 unspecified atom stereocenters. The molecule has 6 heteroatoms. The van der Waals surface area contributed by atoms with Gasteiger partial charge in [-0.15, -0.1) is 0 Å². The summed E-state index contributed by atoms with van der Waals surface area (Å²) in [4.78, 5) is 4.34. The van der Waals surface area contributed by atoms with Crippen LogP contribution in [0, 0.1) is 12.7 Å². The molecule has 1 aliphatic rings. The van der Waals surface area contributed by atoms with Gasteiger partial charge >= 0.3 is 7.12 Å². The number of aromatic nitrogens is 2. The Kier molecular flexibility index (Phi) is 2.75. The van der Waals surface area contributed by atoms with E-state index in [2.05, 4.69) is 4.98 Å². The number of imidazole rings is 1. The van der Waals surface area contributed by atoms with Crippen LogP contribution in [0.1, 0.15) is 33.4 Å². The first-order chi connectivity index (χ1) is 9.19. The van der Waals surface area contributed by atoms with Crippen molar-refractivity contribution in [1.29, 1.82) is 0 Å². The third kappa shape index (κ3) is 1.94. The summed E-state index contributed by atoms with van der Waals surface area (Å²) < 4.78 is 27.7. The molecule has 0 atom stereocenters. The average Bonchev–Trinajstić information content (AvgIpc) is 2.74. The standard InChI is InChI=1S/C14H18BFN2O2/c1-9-7-18-8-11(16)10(6-12(18)17-9)15-19-13(2,3)14(4,5)20-15/h6-8H,1-5H3. The van der Waals surface area contributed by atoms with E-state index in [0.29, 0.717) is 11.1 Å². The Morgan fingerprint density at radius 2 is 1.75 bits per heavy atom. The summed E-state index contributed by atoms with van der Waals surface area (Å²) in [6.45, 7) is 9.66. The summed E-state index contributed by atoms with van der Waals surface area (Å²) in [6, 6.07) is 1.68. The first kappa shape index (κ1) is 13.6. The molecule has 2 aromatic rings. The highest BCUT2D eigenvalue weighted by Gasteiger charge is 2.52. The van der Waals surface area contributed by atoms with Crippen LogP contribution >= 0.6 is 0 Å². The van der Waals surface area contributed by atoms with E-state index in [1.54, 1.807) is 16.7 Å². The third-order valence-electron chi connectivity index (χ3n) is 4.20. The van der Waals surface area contributed by atoms with E-state index in [4.69, 9.17) is 9.31 Å². The van der Waals surface area contributed by atoms with Gasteiger partial charge in [-0.05, 0) is 40.7 Å². The number of pyridine rings is 1. The first-order valence-electron chi connectivity index (χ1n) is 6.70. The Bertz CT molecular complexity index is 665. The fraction of sp³-hybridized carbons (Fsp3) is 0.500. The molecular weight excluding hydrogens is 258 g/mol. The number of nitrogens with zero attached hydrogens (tertiary/aromatic N) is 2. The molecule has 106 valence electrons. The lowest BCUT2D eigenvalue weighted by Crippen LogP contribution is -2.41. The van der Waals surface area contributed by atoms with Crippen molar-refractivity contribution in [2.24, 2.45) is 0 Å². The minimum atomic E-state index is -0.706. The summed E-state index contributed by atoms with van der Waals surface area (Å²) in [5.74, 6) is -0.353. The van der Waals surface area contributed by atoms with Gasteiger partial charge in [0, 0.05) is 17.9 Å². The van der Waals surface area contributed by atoms with E-state index in [-0.39, 0.29) is 5.82 Å². The van der Waals surface area contributed by atoms with Crippen molar-refractivity contribution >= 4 is 18.2 Å². The summed E-state index contributed by atoms with van der Waals surface area (Å²) in [7, 11) is -0.706. The van der Waals surface area contributed by atoms with Crippen LogP contribution < -0.4 is 5.46 Å². The molecular formula is C14H18BFN2O2. The predicted molar refractivity (Wildman–Crippen MR) is 75.6 cm³/mol. The number of halogens is 1. The fourth-order valence-electron chi connectivity index (χ4n) is 2.30. The van der Waals surface area contributed by atoms with Gasteiger partial charge in [-0.25, -0.2) is 9.37 Å². The minimum absolute atomic E-state index is 0.353. The maximum atomic E-state index is 14.3. The zero-order valence-corrected chi connectivity index (χ0v) is 12.4. The maximum absolute atomic E-state index is 14.3. The zero-order chi connectivity index (χ0) is 14.7.